The molecule has 0 saturated carbocycles. The minimum atomic E-state index is -4.55. The number of alkyl halides is 3. The summed E-state index contributed by atoms with van der Waals surface area (Å²) in [6, 6.07) is 2.63. The molecule has 0 heterocycles. The van der Waals surface area contributed by atoms with Gasteiger partial charge in [-0.1, -0.05) is 0 Å². The predicted octanol–water partition coefficient (Wildman–Crippen LogP) is 2.29. The predicted molar refractivity (Wildman–Crippen MR) is 59.4 cm³/mol. The molecule has 0 atom stereocenters. The molecule has 0 aliphatic carbocycles. The fraction of sp³-hybridized carbons (Fsp3) is 0.300. The topological polar surface area (TPSA) is 83.7 Å². The third kappa shape index (κ3) is 3.83. The fourth-order valence-corrected chi connectivity index (χ4v) is 1.48. The molecule has 6 nitrogen and oxygen atoms in total. The Morgan fingerprint density at radius 1 is 1.47 bits per heavy atom. The summed E-state index contributed by atoms with van der Waals surface area (Å²) >= 11 is 0. The van der Waals surface area contributed by atoms with Crippen LogP contribution in [0.15, 0.2) is 18.2 Å². The zero-order valence-electron chi connectivity index (χ0n) is 9.64. The molecule has 9 heteroatoms. The van der Waals surface area contributed by atoms with Gasteiger partial charge in [0.2, 0.25) is 0 Å². The number of hydrogen-bond donors (Lipinski definition) is 1. The van der Waals surface area contributed by atoms with Crippen molar-refractivity contribution in [3.05, 3.63) is 33.9 Å². The maximum absolute atomic E-state index is 12.3. The minimum absolute atomic E-state index is 0.362. The molecule has 104 valence electrons. The van der Waals surface area contributed by atoms with E-state index in [2.05, 4.69) is 0 Å². The highest BCUT2D eigenvalue weighted by Gasteiger charge is 2.31. The molecule has 1 rings (SSSR count). The van der Waals surface area contributed by atoms with Crippen molar-refractivity contribution in [1.82, 2.24) is 0 Å². The summed E-state index contributed by atoms with van der Waals surface area (Å²) < 4.78 is 36.8. The van der Waals surface area contributed by atoms with E-state index in [1.54, 1.807) is 0 Å². The number of non-ortho nitro benzene ring substituents is 1. The van der Waals surface area contributed by atoms with Crippen molar-refractivity contribution in [2.24, 2.45) is 0 Å². The van der Waals surface area contributed by atoms with Gasteiger partial charge in [0, 0.05) is 19.2 Å². The van der Waals surface area contributed by atoms with E-state index in [9.17, 15) is 28.1 Å². The van der Waals surface area contributed by atoms with Crippen molar-refractivity contribution in [1.29, 1.82) is 0 Å². The Kier molecular flexibility index (Phi) is 3.98. The lowest BCUT2D eigenvalue weighted by Crippen LogP contribution is -2.31. The molecule has 0 aliphatic heterocycles. The third-order valence-electron chi connectivity index (χ3n) is 2.25. The number of nitro benzene ring substituents is 1. The van der Waals surface area contributed by atoms with E-state index in [1.807, 2.05) is 0 Å². The average Bonchev–Trinajstić information content (AvgIpc) is 2.25. The van der Waals surface area contributed by atoms with Crippen molar-refractivity contribution in [3.8, 4) is 0 Å². The molecule has 19 heavy (non-hydrogen) atoms. The van der Waals surface area contributed by atoms with Crippen LogP contribution < -0.4 is 4.90 Å². The number of nitrogens with zero attached hydrogens (tertiary/aromatic N) is 2. The molecule has 0 bridgehead atoms. The van der Waals surface area contributed by atoms with Crippen molar-refractivity contribution < 1.29 is 28.0 Å². The van der Waals surface area contributed by atoms with Gasteiger partial charge in [0.15, 0.2) is 0 Å². The summed E-state index contributed by atoms with van der Waals surface area (Å²) in [7, 11) is 1.01. The lowest BCUT2D eigenvalue weighted by atomic mass is 10.1. The van der Waals surface area contributed by atoms with Crippen LogP contribution in [0.2, 0.25) is 0 Å². The van der Waals surface area contributed by atoms with Crippen LogP contribution in [0.5, 0.6) is 0 Å². The highest BCUT2D eigenvalue weighted by molar-refractivity contribution is 5.95. The van der Waals surface area contributed by atoms with Crippen LogP contribution in [0.25, 0.3) is 0 Å². The second kappa shape index (κ2) is 5.12. The largest absolute Gasteiger partial charge is 0.478 e. The number of hydrogen-bond acceptors (Lipinski definition) is 4. The fourth-order valence-electron chi connectivity index (χ4n) is 1.48. The first-order valence-corrected chi connectivity index (χ1v) is 4.91. The van der Waals surface area contributed by atoms with Gasteiger partial charge >= 0.3 is 12.1 Å². The quantitative estimate of drug-likeness (QED) is 0.674. The Morgan fingerprint density at radius 3 is 2.47 bits per heavy atom. The van der Waals surface area contributed by atoms with Gasteiger partial charge in [0.05, 0.1) is 16.2 Å². The molecule has 1 aromatic carbocycles. The number of aromatic carboxylic acids is 1. The number of halogens is 3. The van der Waals surface area contributed by atoms with Gasteiger partial charge in [-0.3, -0.25) is 10.1 Å². The second-order valence-corrected chi connectivity index (χ2v) is 3.73. The first kappa shape index (κ1) is 14.7. The van der Waals surface area contributed by atoms with Crippen LogP contribution in [0.1, 0.15) is 10.4 Å². The van der Waals surface area contributed by atoms with E-state index in [0.717, 1.165) is 25.2 Å². The summed E-state index contributed by atoms with van der Waals surface area (Å²) in [5.41, 5.74) is -1.27. The number of rotatable bonds is 4. The van der Waals surface area contributed by atoms with Crippen LogP contribution in [-0.4, -0.2) is 35.8 Å². The monoisotopic (exact) mass is 278 g/mol. The molecule has 0 radical (unpaired) electrons. The number of carboxylic acids is 1. The Morgan fingerprint density at radius 2 is 2.05 bits per heavy atom. The van der Waals surface area contributed by atoms with Gasteiger partial charge in [-0.15, -0.1) is 0 Å². The third-order valence-corrected chi connectivity index (χ3v) is 2.25. The first-order chi connectivity index (χ1) is 8.61. The van der Waals surface area contributed by atoms with E-state index < -0.39 is 34.9 Å². The molecule has 0 aromatic heterocycles. The van der Waals surface area contributed by atoms with Crippen molar-refractivity contribution in [3.63, 3.8) is 0 Å². The molecule has 1 aromatic rings. The lowest BCUT2D eigenvalue weighted by molar-refractivity contribution is -0.384. The number of benzene rings is 1. The first-order valence-electron chi connectivity index (χ1n) is 4.91. The molecule has 0 spiro atoms. The standard InChI is InChI=1S/C10H9F3N2O4/c1-14(5-10(11,12)13)8-4-6(15(18)19)2-3-7(8)9(16)17/h2-4H,5H2,1H3,(H,16,17). The number of carboxylic acid groups (broad SMARTS) is 1. The average molecular weight is 278 g/mol. The minimum Gasteiger partial charge on any atom is -0.478 e. The number of carbonyl (C=O) groups is 1. The molecule has 1 N–H and O–H groups in total. The van der Waals surface area contributed by atoms with E-state index in [-0.39, 0.29) is 5.69 Å². The maximum Gasteiger partial charge on any atom is 0.405 e. The second-order valence-electron chi connectivity index (χ2n) is 3.73. The molecular formula is C10H9F3N2O4. The highest BCUT2D eigenvalue weighted by atomic mass is 19.4. The Labute approximate surface area is 105 Å². The molecule has 0 fully saturated rings. The Hall–Kier alpha value is -2.32. The zero-order valence-corrected chi connectivity index (χ0v) is 9.64. The molecule has 0 unspecified atom stereocenters. The van der Waals surface area contributed by atoms with Gasteiger partial charge in [-0.25, -0.2) is 4.79 Å². The van der Waals surface area contributed by atoms with Gasteiger partial charge in [0.25, 0.3) is 5.69 Å². The van der Waals surface area contributed by atoms with Crippen LogP contribution in [0.3, 0.4) is 0 Å². The highest BCUT2D eigenvalue weighted by Crippen LogP contribution is 2.28. The summed E-state index contributed by atoms with van der Waals surface area (Å²) in [5.74, 6) is -1.46. The molecular weight excluding hydrogens is 269 g/mol. The van der Waals surface area contributed by atoms with Crippen LogP contribution in [-0.2, 0) is 0 Å². The zero-order chi connectivity index (χ0) is 14.8. The smallest absolute Gasteiger partial charge is 0.405 e. The Bertz CT molecular complexity index is 516. The van der Waals surface area contributed by atoms with Gasteiger partial charge in [-0.05, 0) is 6.07 Å². The van der Waals surface area contributed by atoms with Gasteiger partial charge in [-0.2, -0.15) is 13.2 Å². The Balaban J connectivity index is 3.24. The summed E-state index contributed by atoms with van der Waals surface area (Å²) in [6.07, 6.45) is -4.55. The van der Waals surface area contributed by atoms with E-state index in [0.29, 0.717) is 4.90 Å². The molecule has 0 saturated heterocycles. The van der Waals surface area contributed by atoms with Gasteiger partial charge in [0.1, 0.15) is 6.54 Å². The summed E-state index contributed by atoms with van der Waals surface area (Å²) in [6.45, 7) is -1.41. The molecule has 0 aliphatic rings. The van der Waals surface area contributed by atoms with Crippen molar-refractivity contribution in [2.75, 3.05) is 18.5 Å². The van der Waals surface area contributed by atoms with Crippen molar-refractivity contribution >= 4 is 17.3 Å². The van der Waals surface area contributed by atoms with Crippen LogP contribution in [0.4, 0.5) is 24.5 Å². The lowest BCUT2D eigenvalue weighted by Gasteiger charge is -2.22. The van der Waals surface area contributed by atoms with Crippen LogP contribution in [0, 0.1) is 10.1 Å². The number of anilines is 1. The molecule has 0 amide bonds. The maximum atomic E-state index is 12.3. The van der Waals surface area contributed by atoms with E-state index in [4.69, 9.17) is 5.11 Å². The van der Waals surface area contributed by atoms with Gasteiger partial charge < -0.3 is 10.0 Å². The van der Waals surface area contributed by atoms with E-state index in [1.165, 1.54) is 0 Å². The SMILES string of the molecule is CN(CC(F)(F)F)c1cc([N+](=O)[O-])ccc1C(=O)O. The van der Waals surface area contributed by atoms with E-state index >= 15 is 0 Å². The summed E-state index contributed by atoms with van der Waals surface area (Å²) in [4.78, 5) is 21.3. The summed E-state index contributed by atoms with van der Waals surface area (Å²) in [5, 5.41) is 19.4. The number of nitro groups is 1. The van der Waals surface area contributed by atoms with Crippen LogP contribution >= 0.6 is 0 Å². The normalized spacial score (nSPS) is 11.2. The van der Waals surface area contributed by atoms with Crippen molar-refractivity contribution in [2.45, 2.75) is 6.18 Å².